The Balaban J connectivity index is 1.22. The molecule has 1 atom stereocenters. The highest BCUT2D eigenvalue weighted by molar-refractivity contribution is 7.89. The molecule has 1 aromatic heterocycles. The van der Waals surface area contributed by atoms with Crippen LogP contribution < -0.4 is 20.5 Å². The van der Waals surface area contributed by atoms with Gasteiger partial charge in [-0.25, -0.2) is 27.4 Å². The molecule has 0 unspecified atom stereocenters. The molecule has 1 aromatic carbocycles. The number of H-pyrrole nitrogens is 1. The van der Waals surface area contributed by atoms with Gasteiger partial charge < -0.3 is 15.0 Å². The molecule has 34 heavy (non-hydrogen) atoms. The predicted molar refractivity (Wildman–Crippen MR) is 123 cm³/mol. The second-order valence-electron chi connectivity index (χ2n) is 8.43. The second kappa shape index (κ2) is 10.3. The van der Waals surface area contributed by atoms with Gasteiger partial charge in [-0.1, -0.05) is 17.7 Å². The number of ether oxygens (including phenoxy) is 1. The highest BCUT2D eigenvalue weighted by atomic mass is 35.5. The first-order valence-electron chi connectivity index (χ1n) is 10.9. The van der Waals surface area contributed by atoms with Gasteiger partial charge in [0.05, 0.1) is 23.3 Å². The van der Waals surface area contributed by atoms with Crippen LogP contribution in [0, 0.1) is 5.82 Å². The molecule has 1 saturated heterocycles. The standard InChI is InChI=1S/C21H25ClFN5O5S/c22-19-18(11-24-26-20(19)29)28-9-8-16(12-28)33-21(30)25-14-4-6-15(7-5-14)27-34(31,32)17-3-1-2-13(23)10-17/h1-3,10-11,14-16,27H,4-9,12H2,(H,25,30)(H,26,29)/t14-,15-,16-/m1/s1. The van der Waals surface area contributed by atoms with Crippen molar-refractivity contribution in [2.24, 2.45) is 0 Å². The van der Waals surface area contributed by atoms with E-state index < -0.39 is 27.5 Å². The smallest absolute Gasteiger partial charge is 0.407 e. The summed E-state index contributed by atoms with van der Waals surface area (Å²) in [4.78, 5) is 25.7. The first kappa shape index (κ1) is 24.4. The highest BCUT2D eigenvalue weighted by Gasteiger charge is 2.30. The number of anilines is 1. The number of halogens is 2. The third kappa shape index (κ3) is 5.86. The normalized spacial score (nSPS) is 23.0. The summed E-state index contributed by atoms with van der Waals surface area (Å²) in [6, 6.07) is 4.44. The fraction of sp³-hybridized carbons (Fsp3) is 0.476. The van der Waals surface area contributed by atoms with Crippen molar-refractivity contribution in [2.45, 2.75) is 55.2 Å². The maximum Gasteiger partial charge on any atom is 0.407 e. The van der Waals surface area contributed by atoms with Crippen LogP contribution in [0.1, 0.15) is 32.1 Å². The van der Waals surface area contributed by atoms with Crippen molar-refractivity contribution in [2.75, 3.05) is 18.0 Å². The van der Waals surface area contributed by atoms with Crippen molar-refractivity contribution in [3.63, 3.8) is 0 Å². The van der Waals surface area contributed by atoms with Crippen LogP contribution in [0.15, 0.2) is 40.2 Å². The molecule has 0 radical (unpaired) electrons. The number of carbonyl (C=O) groups excluding carboxylic acids is 1. The van der Waals surface area contributed by atoms with Crippen LogP contribution in [0.2, 0.25) is 5.02 Å². The van der Waals surface area contributed by atoms with Crippen LogP contribution in [-0.4, -0.2) is 56.0 Å². The van der Waals surface area contributed by atoms with Crippen LogP contribution in [0.25, 0.3) is 0 Å². The topological polar surface area (TPSA) is 133 Å². The van der Waals surface area contributed by atoms with E-state index >= 15 is 0 Å². The number of nitrogens with one attached hydrogen (secondary N) is 3. The van der Waals surface area contributed by atoms with Crippen molar-refractivity contribution >= 4 is 33.4 Å². The van der Waals surface area contributed by atoms with E-state index in [4.69, 9.17) is 16.3 Å². The Morgan fingerprint density at radius 3 is 2.68 bits per heavy atom. The van der Waals surface area contributed by atoms with Crippen molar-refractivity contribution in [3.8, 4) is 0 Å². The van der Waals surface area contributed by atoms with Gasteiger partial charge in [-0.05, 0) is 43.9 Å². The third-order valence-electron chi connectivity index (χ3n) is 6.01. The van der Waals surface area contributed by atoms with E-state index in [0.29, 0.717) is 50.9 Å². The van der Waals surface area contributed by atoms with Crippen LogP contribution in [-0.2, 0) is 14.8 Å². The fourth-order valence-corrected chi connectivity index (χ4v) is 5.81. The quantitative estimate of drug-likeness (QED) is 0.539. The summed E-state index contributed by atoms with van der Waals surface area (Å²) in [6.45, 7) is 0.965. The molecule has 1 amide bonds. The van der Waals surface area contributed by atoms with E-state index in [-0.39, 0.29) is 28.1 Å². The maximum atomic E-state index is 13.4. The molecule has 10 nitrogen and oxygen atoms in total. The largest absolute Gasteiger partial charge is 0.444 e. The van der Waals surface area contributed by atoms with E-state index in [1.807, 2.05) is 4.90 Å². The van der Waals surface area contributed by atoms with Crippen LogP contribution in [0.4, 0.5) is 14.9 Å². The van der Waals surface area contributed by atoms with Gasteiger partial charge in [-0.2, -0.15) is 5.10 Å². The van der Waals surface area contributed by atoms with Crippen molar-refractivity contribution in [1.82, 2.24) is 20.2 Å². The molecule has 2 heterocycles. The summed E-state index contributed by atoms with van der Waals surface area (Å²) in [5.41, 5.74) is 0.0195. The molecular weight excluding hydrogens is 489 g/mol. The van der Waals surface area contributed by atoms with Crippen molar-refractivity contribution < 1.29 is 22.3 Å². The number of aromatic nitrogens is 2. The Bertz CT molecular complexity index is 1200. The molecule has 2 aromatic rings. The van der Waals surface area contributed by atoms with Crippen LogP contribution >= 0.6 is 11.6 Å². The molecule has 3 N–H and O–H groups in total. The van der Waals surface area contributed by atoms with Crippen LogP contribution in [0.5, 0.6) is 0 Å². The molecule has 2 fully saturated rings. The Morgan fingerprint density at radius 1 is 1.21 bits per heavy atom. The molecule has 2 aliphatic rings. The average Bonchev–Trinajstić information content (AvgIpc) is 3.25. The van der Waals surface area contributed by atoms with Gasteiger partial charge in [-0.15, -0.1) is 0 Å². The number of rotatable bonds is 6. The second-order valence-corrected chi connectivity index (χ2v) is 10.5. The minimum atomic E-state index is -3.81. The Hall–Kier alpha value is -2.70. The zero-order chi connectivity index (χ0) is 24.3. The first-order chi connectivity index (χ1) is 16.2. The lowest BCUT2D eigenvalue weighted by Gasteiger charge is -2.29. The number of aromatic amines is 1. The van der Waals surface area contributed by atoms with E-state index in [9.17, 15) is 22.4 Å². The number of sulfonamides is 1. The minimum Gasteiger partial charge on any atom is -0.444 e. The lowest BCUT2D eigenvalue weighted by Crippen LogP contribution is -2.44. The monoisotopic (exact) mass is 513 g/mol. The summed E-state index contributed by atoms with van der Waals surface area (Å²) in [6.07, 6.45) is 3.39. The van der Waals surface area contributed by atoms with Gasteiger partial charge in [0.15, 0.2) is 0 Å². The lowest BCUT2D eigenvalue weighted by molar-refractivity contribution is 0.102. The van der Waals surface area contributed by atoms with Gasteiger partial charge in [0.2, 0.25) is 10.0 Å². The Morgan fingerprint density at radius 2 is 1.94 bits per heavy atom. The molecule has 0 bridgehead atoms. The SMILES string of the molecule is O=C(N[C@H]1CC[C@H](NS(=O)(=O)c2cccc(F)c2)CC1)O[C@@H]1CCN(c2cn[nH]c(=O)c2Cl)C1. The number of hydrogen-bond donors (Lipinski definition) is 3. The fourth-order valence-electron chi connectivity index (χ4n) is 4.27. The average molecular weight is 514 g/mol. The summed E-state index contributed by atoms with van der Waals surface area (Å²) in [7, 11) is -3.81. The molecule has 1 aliphatic carbocycles. The zero-order valence-corrected chi connectivity index (χ0v) is 19.7. The molecule has 4 rings (SSSR count). The summed E-state index contributed by atoms with van der Waals surface area (Å²) >= 11 is 6.04. The van der Waals surface area contributed by atoms with Crippen molar-refractivity contribution in [3.05, 3.63) is 51.7 Å². The maximum absolute atomic E-state index is 13.4. The molecular formula is C21H25ClFN5O5S. The number of hydrogen-bond acceptors (Lipinski definition) is 7. The molecule has 0 spiro atoms. The summed E-state index contributed by atoms with van der Waals surface area (Å²) < 4.78 is 46.4. The van der Waals surface area contributed by atoms with Gasteiger partial charge in [0, 0.05) is 25.0 Å². The van der Waals surface area contributed by atoms with Gasteiger partial charge >= 0.3 is 6.09 Å². The lowest BCUT2D eigenvalue weighted by atomic mass is 9.92. The van der Waals surface area contributed by atoms with Crippen LogP contribution in [0.3, 0.4) is 0 Å². The molecule has 1 saturated carbocycles. The van der Waals surface area contributed by atoms with E-state index in [1.54, 1.807) is 0 Å². The molecule has 184 valence electrons. The Kier molecular flexibility index (Phi) is 7.39. The molecule has 13 heteroatoms. The number of carbonyl (C=O) groups is 1. The zero-order valence-electron chi connectivity index (χ0n) is 18.2. The molecule has 1 aliphatic heterocycles. The van der Waals surface area contributed by atoms with E-state index in [0.717, 1.165) is 6.07 Å². The summed E-state index contributed by atoms with van der Waals surface area (Å²) in [5, 5.41) is 8.91. The van der Waals surface area contributed by atoms with Gasteiger partial charge in [-0.3, -0.25) is 4.79 Å². The first-order valence-corrected chi connectivity index (χ1v) is 12.8. The van der Waals surface area contributed by atoms with Gasteiger partial charge in [0.25, 0.3) is 5.56 Å². The van der Waals surface area contributed by atoms with E-state index in [2.05, 4.69) is 20.2 Å². The minimum absolute atomic E-state index is 0.0462. The number of benzene rings is 1. The predicted octanol–water partition coefficient (Wildman–Crippen LogP) is 2.16. The number of nitrogens with zero attached hydrogens (tertiary/aromatic N) is 2. The van der Waals surface area contributed by atoms with Gasteiger partial charge in [0.1, 0.15) is 16.9 Å². The third-order valence-corrected chi connectivity index (χ3v) is 7.90. The summed E-state index contributed by atoms with van der Waals surface area (Å²) in [5.74, 6) is -0.614. The number of alkyl carbamates (subject to hydrolysis) is 1. The Labute approximate surface area is 200 Å². The van der Waals surface area contributed by atoms with E-state index in [1.165, 1.54) is 24.4 Å². The highest BCUT2D eigenvalue weighted by Crippen LogP contribution is 2.26. The van der Waals surface area contributed by atoms with Crippen molar-refractivity contribution in [1.29, 1.82) is 0 Å². The number of amides is 1.